The first-order valence-electron chi connectivity index (χ1n) is 6.76. The number of hydrogen-bond acceptors (Lipinski definition) is 2. The summed E-state index contributed by atoms with van der Waals surface area (Å²) in [6.07, 6.45) is 0. The maximum absolute atomic E-state index is 12.6. The van der Waals surface area contributed by atoms with Gasteiger partial charge in [0, 0.05) is 13.6 Å². The lowest BCUT2D eigenvalue weighted by Gasteiger charge is -2.19. The lowest BCUT2D eigenvalue weighted by Crippen LogP contribution is -2.31. The summed E-state index contributed by atoms with van der Waals surface area (Å²) in [4.78, 5) is 13.9. The molecule has 0 aliphatic heterocycles. The summed E-state index contributed by atoms with van der Waals surface area (Å²) in [5, 5.41) is 2.80. The number of benzene rings is 2. The average molecular weight is 357 g/mol. The van der Waals surface area contributed by atoms with Crippen molar-refractivity contribution in [1.82, 2.24) is 4.90 Å². The van der Waals surface area contributed by atoms with E-state index >= 15 is 0 Å². The second-order valence-corrected chi connectivity index (χ2v) is 6.17. The molecule has 23 heavy (non-hydrogen) atoms. The fraction of sp³-hybridized carbons (Fsp3) is 0.188. The molecule has 0 radical (unpaired) electrons. The van der Waals surface area contributed by atoms with Gasteiger partial charge in [-0.25, -0.2) is 4.79 Å². The number of amides is 2. The number of thioether (sulfide) groups is 1. The van der Waals surface area contributed by atoms with Crippen molar-refractivity contribution in [3.63, 3.8) is 0 Å². The van der Waals surface area contributed by atoms with Gasteiger partial charge < -0.3 is 10.2 Å². The SMILES string of the molecule is CN(Cc1ccccc1)C(=O)Nc1cccc(Cl)c1SC(F)F. The Morgan fingerprint density at radius 2 is 1.91 bits per heavy atom. The molecule has 0 saturated heterocycles. The van der Waals surface area contributed by atoms with E-state index < -0.39 is 11.8 Å². The van der Waals surface area contributed by atoms with E-state index in [1.54, 1.807) is 19.2 Å². The summed E-state index contributed by atoms with van der Waals surface area (Å²) >= 11 is 6.26. The Kier molecular flexibility index (Phi) is 6.24. The molecule has 0 saturated carbocycles. The van der Waals surface area contributed by atoms with Crippen LogP contribution in [0.25, 0.3) is 0 Å². The quantitative estimate of drug-likeness (QED) is 0.735. The Morgan fingerprint density at radius 3 is 2.57 bits per heavy atom. The molecular weight excluding hydrogens is 342 g/mol. The first-order chi connectivity index (χ1) is 11.0. The number of urea groups is 1. The van der Waals surface area contributed by atoms with Gasteiger partial charge >= 0.3 is 6.03 Å². The van der Waals surface area contributed by atoms with Gasteiger partial charge in [-0.05, 0) is 17.7 Å². The number of halogens is 3. The highest BCUT2D eigenvalue weighted by Crippen LogP contribution is 2.37. The summed E-state index contributed by atoms with van der Waals surface area (Å²) in [6, 6.07) is 13.7. The van der Waals surface area contributed by atoms with E-state index in [1.807, 2.05) is 30.3 Å². The van der Waals surface area contributed by atoms with E-state index in [2.05, 4.69) is 5.32 Å². The number of anilines is 1. The van der Waals surface area contributed by atoms with E-state index in [9.17, 15) is 13.6 Å². The normalized spacial score (nSPS) is 10.7. The molecule has 0 fully saturated rings. The zero-order valence-electron chi connectivity index (χ0n) is 12.3. The van der Waals surface area contributed by atoms with Crippen molar-refractivity contribution in [1.29, 1.82) is 0 Å². The fourth-order valence-corrected chi connectivity index (χ4v) is 2.87. The van der Waals surface area contributed by atoms with Crippen LogP contribution in [0.4, 0.5) is 19.3 Å². The summed E-state index contributed by atoms with van der Waals surface area (Å²) < 4.78 is 25.3. The molecule has 0 heterocycles. The third-order valence-electron chi connectivity index (χ3n) is 3.02. The molecule has 0 aromatic heterocycles. The molecular formula is C16H15ClF2N2OS. The zero-order chi connectivity index (χ0) is 16.8. The molecule has 0 bridgehead atoms. The van der Waals surface area contributed by atoms with Gasteiger partial charge in [0.25, 0.3) is 5.76 Å². The van der Waals surface area contributed by atoms with Crippen molar-refractivity contribution in [2.75, 3.05) is 12.4 Å². The molecule has 0 atom stereocenters. The first-order valence-corrected chi connectivity index (χ1v) is 8.02. The van der Waals surface area contributed by atoms with Gasteiger partial charge in [0.15, 0.2) is 0 Å². The molecule has 2 amide bonds. The molecule has 7 heteroatoms. The molecule has 2 aromatic rings. The van der Waals surface area contributed by atoms with Crippen LogP contribution in [-0.4, -0.2) is 23.7 Å². The minimum Gasteiger partial charge on any atom is -0.323 e. The van der Waals surface area contributed by atoms with Crippen molar-refractivity contribution in [3.05, 3.63) is 59.1 Å². The van der Waals surface area contributed by atoms with Gasteiger partial charge in [-0.1, -0.05) is 59.8 Å². The third-order valence-corrected chi connectivity index (χ3v) is 4.31. The van der Waals surface area contributed by atoms with Crippen molar-refractivity contribution >= 4 is 35.1 Å². The Morgan fingerprint density at radius 1 is 1.22 bits per heavy atom. The molecule has 2 rings (SSSR count). The maximum Gasteiger partial charge on any atom is 0.321 e. The van der Waals surface area contributed by atoms with Crippen LogP contribution in [0.2, 0.25) is 5.02 Å². The van der Waals surface area contributed by atoms with Crippen LogP contribution in [0.5, 0.6) is 0 Å². The van der Waals surface area contributed by atoms with E-state index in [0.29, 0.717) is 18.3 Å². The largest absolute Gasteiger partial charge is 0.323 e. The molecule has 122 valence electrons. The Labute approximate surface area is 142 Å². The fourth-order valence-electron chi connectivity index (χ4n) is 1.96. The van der Waals surface area contributed by atoms with Gasteiger partial charge in [0.05, 0.1) is 15.6 Å². The number of carbonyl (C=O) groups is 1. The van der Waals surface area contributed by atoms with Crippen LogP contribution >= 0.6 is 23.4 Å². The van der Waals surface area contributed by atoms with Gasteiger partial charge in [-0.3, -0.25) is 0 Å². The lowest BCUT2D eigenvalue weighted by molar-refractivity contribution is 0.220. The number of carbonyl (C=O) groups excluding carboxylic acids is 1. The minimum absolute atomic E-state index is 0.158. The summed E-state index contributed by atoms with van der Waals surface area (Å²) in [6.45, 7) is 0.407. The highest BCUT2D eigenvalue weighted by molar-refractivity contribution is 7.99. The Hall–Kier alpha value is -1.79. The van der Waals surface area contributed by atoms with Crippen LogP contribution in [0.3, 0.4) is 0 Å². The number of rotatable bonds is 5. The Balaban J connectivity index is 2.09. The second-order valence-electron chi connectivity index (χ2n) is 4.77. The van der Waals surface area contributed by atoms with Gasteiger partial charge in [0.2, 0.25) is 0 Å². The van der Waals surface area contributed by atoms with Crippen LogP contribution < -0.4 is 5.32 Å². The van der Waals surface area contributed by atoms with Gasteiger partial charge in [0.1, 0.15) is 0 Å². The van der Waals surface area contributed by atoms with Crippen LogP contribution in [-0.2, 0) is 6.54 Å². The standard InChI is InChI=1S/C16H15ClF2N2OS/c1-21(10-11-6-3-2-4-7-11)16(22)20-13-9-5-8-12(17)14(13)23-15(18)19/h2-9,15H,10H2,1H3,(H,20,22). The summed E-state index contributed by atoms with van der Waals surface area (Å²) in [5.41, 5.74) is 1.24. The minimum atomic E-state index is -2.62. The highest BCUT2D eigenvalue weighted by atomic mass is 35.5. The van der Waals surface area contributed by atoms with Crippen LogP contribution in [0.15, 0.2) is 53.4 Å². The summed E-state index contributed by atoms with van der Waals surface area (Å²) in [5.74, 6) is -2.62. The number of alkyl halides is 2. The van der Waals surface area contributed by atoms with Crippen molar-refractivity contribution in [2.45, 2.75) is 17.2 Å². The number of nitrogens with one attached hydrogen (secondary N) is 1. The number of nitrogens with zero attached hydrogens (tertiary/aromatic N) is 1. The van der Waals surface area contributed by atoms with E-state index in [-0.39, 0.29) is 15.6 Å². The van der Waals surface area contributed by atoms with E-state index in [1.165, 1.54) is 11.0 Å². The molecule has 0 aliphatic rings. The highest BCUT2D eigenvalue weighted by Gasteiger charge is 2.17. The van der Waals surface area contributed by atoms with Crippen molar-refractivity contribution in [2.24, 2.45) is 0 Å². The average Bonchev–Trinajstić information content (AvgIpc) is 2.51. The maximum atomic E-state index is 12.6. The smallest absolute Gasteiger partial charge is 0.321 e. The third kappa shape index (κ3) is 5.11. The zero-order valence-corrected chi connectivity index (χ0v) is 13.9. The van der Waals surface area contributed by atoms with Gasteiger partial charge in [-0.2, -0.15) is 8.78 Å². The van der Waals surface area contributed by atoms with E-state index in [4.69, 9.17) is 11.6 Å². The molecule has 0 unspecified atom stereocenters. The lowest BCUT2D eigenvalue weighted by atomic mass is 10.2. The molecule has 0 spiro atoms. The molecule has 3 nitrogen and oxygen atoms in total. The Bertz CT molecular complexity index is 670. The van der Waals surface area contributed by atoms with Crippen LogP contribution in [0.1, 0.15) is 5.56 Å². The van der Waals surface area contributed by atoms with Gasteiger partial charge in [-0.15, -0.1) is 0 Å². The molecule has 0 aliphatic carbocycles. The van der Waals surface area contributed by atoms with Crippen molar-refractivity contribution < 1.29 is 13.6 Å². The van der Waals surface area contributed by atoms with Crippen molar-refractivity contribution in [3.8, 4) is 0 Å². The predicted octanol–water partition coefficient (Wildman–Crippen LogP) is 5.32. The molecule has 2 aromatic carbocycles. The summed E-state index contributed by atoms with van der Waals surface area (Å²) in [7, 11) is 1.63. The molecule has 1 N–H and O–H groups in total. The topological polar surface area (TPSA) is 32.3 Å². The second kappa shape index (κ2) is 8.17. The predicted molar refractivity (Wildman–Crippen MR) is 90.2 cm³/mol. The van der Waals surface area contributed by atoms with E-state index in [0.717, 1.165) is 5.56 Å². The monoisotopic (exact) mass is 356 g/mol. The first kappa shape index (κ1) is 17.6. The number of hydrogen-bond donors (Lipinski definition) is 1. The van der Waals surface area contributed by atoms with Crippen LogP contribution in [0, 0.1) is 0 Å².